The van der Waals surface area contributed by atoms with Crippen molar-refractivity contribution in [1.29, 1.82) is 0 Å². The van der Waals surface area contributed by atoms with Crippen LogP contribution in [0.4, 0.5) is 0 Å². The average Bonchev–Trinajstić information content (AvgIpc) is 3.31. The van der Waals surface area contributed by atoms with E-state index in [-0.39, 0.29) is 11.5 Å². The summed E-state index contributed by atoms with van der Waals surface area (Å²) < 4.78 is 0. The van der Waals surface area contributed by atoms with E-state index in [1.165, 1.54) is 16.7 Å². The van der Waals surface area contributed by atoms with Crippen molar-refractivity contribution in [1.82, 2.24) is 14.7 Å². The number of benzene rings is 3. The fourth-order valence-corrected chi connectivity index (χ4v) is 6.41. The smallest absolute Gasteiger partial charge is 0.227 e. The Hall–Kier alpha value is -2.95. The Morgan fingerprint density at radius 1 is 0.806 bits per heavy atom. The fourth-order valence-electron chi connectivity index (χ4n) is 6.41. The lowest BCUT2D eigenvalue weighted by atomic mass is 9.79. The van der Waals surface area contributed by atoms with Crippen molar-refractivity contribution in [3.05, 3.63) is 108 Å². The predicted molar refractivity (Wildman–Crippen MR) is 146 cm³/mol. The molecule has 0 spiro atoms. The van der Waals surface area contributed by atoms with E-state index in [0.717, 1.165) is 52.0 Å². The van der Waals surface area contributed by atoms with Gasteiger partial charge in [-0.2, -0.15) is 0 Å². The lowest BCUT2D eigenvalue weighted by molar-refractivity contribution is -0.139. The Labute approximate surface area is 216 Å². The molecule has 2 heterocycles. The van der Waals surface area contributed by atoms with Gasteiger partial charge in [-0.05, 0) is 56.0 Å². The maximum atomic E-state index is 14.0. The van der Waals surface area contributed by atoms with E-state index in [1.807, 2.05) is 0 Å². The van der Waals surface area contributed by atoms with Gasteiger partial charge in [0, 0.05) is 38.3 Å². The monoisotopic (exact) mass is 481 g/mol. The summed E-state index contributed by atoms with van der Waals surface area (Å²) >= 11 is 0. The first-order chi connectivity index (χ1) is 17.5. The van der Waals surface area contributed by atoms with E-state index in [9.17, 15) is 4.79 Å². The molecule has 5 rings (SSSR count). The van der Waals surface area contributed by atoms with Crippen LogP contribution < -0.4 is 0 Å². The number of carbonyl (C=O) groups is 1. The summed E-state index contributed by atoms with van der Waals surface area (Å²) in [7, 11) is 4.36. The second-order valence-corrected chi connectivity index (χ2v) is 10.9. The van der Waals surface area contributed by atoms with Crippen LogP contribution in [0.1, 0.15) is 29.5 Å². The summed E-state index contributed by atoms with van der Waals surface area (Å²) in [5, 5.41) is 0. The molecule has 0 N–H and O–H groups in total. The van der Waals surface area contributed by atoms with Gasteiger partial charge in [-0.1, -0.05) is 91.0 Å². The molecule has 0 bridgehead atoms. The molecule has 0 aliphatic carbocycles. The highest BCUT2D eigenvalue weighted by atomic mass is 16.2. The Kier molecular flexibility index (Phi) is 7.54. The molecule has 0 aromatic heterocycles. The van der Waals surface area contributed by atoms with Gasteiger partial charge in [0.15, 0.2) is 0 Å². The lowest BCUT2D eigenvalue weighted by Gasteiger charge is -2.47. The summed E-state index contributed by atoms with van der Waals surface area (Å²) in [6, 6.07) is 32.2. The van der Waals surface area contributed by atoms with Crippen LogP contribution in [0.3, 0.4) is 0 Å². The van der Waals surface area contributed by atoms with Gasteiger partial charge in [0.25, 0.3) is 0 Å². The van der Waals surface area contributed by atoms with Gasteiger partial charge in [0.2, 0.25) is 5.91 Å². The zero-order valence-electron chi connectivity index (χ0n) is 21.7. The average molecular weight is 482 g/mol. The second-order valence-electron chi connectivity index (χ2n) is 10.9. The largest absolute Gasteiger partial charge is 0.342 e. The molecule has 188 valence electrons. The van der Waals surface area contributed by atoms with E-state index in [0.29, 0.717) is 11.8 Å². The molecular formula is C32H39N3O. The zero-order valence-corrected chi connectivity index (χ0v) is 21.7. The predicted octanol–water partition coefficient (Wildman–Crippen LogP) is 5.06. The third kappa shape index (κ3) is 5.25. The van der Waals surface area contributed by atoms with Gasteiger partial charge in [0.1, 0.15) is 0 Å². The molecule has 4 heteroatoms. The molecule has 4 nitrogen and oxygen atoms in total. The van der Waals surface area contributed by atoms with Crippen LogP contribution in [0.25, 0.3) is 0 Å². The van der Waals surface area contributed by atoms with Crippen molar-refractivity contribution >= 4 is 5.91 Å². The molecule has 0 radical (unpaired) electrons. The van der Waals surface area contributed by atoms with Crippen LogP contribution in [0.15, 0.2) is 91.0 Å². The molecule has 0 saturated carbocycles. The molecular weight excluding hydrogens is 442 g/mol. The first kappa shape index (κ1) is 24.7. The van der Waals surface area contributed by atoms with Crippen LogP contribution in [-0.4, -0.2) is 60.9 Å². The van der Waals surface area contributed by atoms with Gasteiger partial charge < -0.3 is 4.90 Å². The number of amides is 1. The number of nitrogens with zero attached hydrogens (tertiary/aromatic N) is 3. The van der Waals surface area contributed by atoms with Crippen molar-refractivity contribution in [2.24, 2.45) is 11.8 Å². The molecule has 2 atom stereocenters. The Morgan fingerprint density at radius 3 is 1.94 bits per heavy atom. The van der Waals surface area contributed by atoms with Crippen LogP contribution in [0, 0.1) is 11.8 Å². The van der Waals surface area contributed by atoms with E-state index >= 15 is 0 Å². The van der Waals surface area contributed by atoms with Crippen LogP contribution in [0.2, 0.25) is 0 Å². The van der Waals surface area contributed by atoms with Gasteiger partial charge in [0.05, 0.1) is 5.92 Å². The third-order valence-corrected chi connectivity index (χ3v) is 8.49. The lowest BCUT2D eigenvalue weighted by Crippen LogP contribution is -2.53. The molecule has 3 aromatic rings. The Balaban J connectivity index is 1.31. The normalized spacial score (nSPS) is 22.1. The molecule has 3 aromatic carbocycles. The van der Waals surface area contributed by atoms with E-state index in [1.54, 1.807) is 0 Å². The highest BCUT2D eigenvalue weighted by molar-refractivity contribution is 5.80. The summed E-state index contributed by atoms with van der Waals surface area (Å²) in [5.41, 5.74) is 4.01. The molecule has 36 heavy (non-hydrogen) atoms. The first-order valence-electron chi connectivity index (χ1n) is 13.4. The zero-order chi connectivity index (χ0) is 25.0. The van der Waals surface area contributed by atoms with Crippen LogP contribution in [-0.2, 0) is 23.3 Å². The fraction of sp³-hybridized carbons (Fsp3) is 0.406. The third-order valence-electron chi connectivity index (χ3n) is 8.49. The van der Waals surface area contributed by atoms with Crippen molar-refractivity contribution in [2.45, 2.75) is 31.3 Å². The highest BCUT2D eigenvalue weighted by Gasteiger charge is 2.43. The molecule has 1 amide bonds. The SMILES string of the molecule is CN(C)C1(c2ccccc2)CCN(C(=O)C2CN(Cc3ccccc3)CC2Cc2ccccc2)CC1. The minimum absolute atomic E-state index is 0.00347. The summed E-state index contributed by atoms with van der Waals surface area (Å²) in [4.78, 5) is 21.0. The second kappa shape index (κ2) is 11.0. The molecule has 2 aliphatic heterocycles. The topological polar surface area (TPSA) is 26.8 Å². The van der Waals surface area contributed by atoms with Gasteiger partial charge >= 0.3 is 0 Å². The maximum absolute atomic E-state index is 14.0. The van der Waals surface area contributed by atoms with Crippen molar-refractivity contribution in [3.63, 3.8) is 0 Å². The number of piperidine rings is 1. The van der Waals surface area contributed by atoms with Crippen molar-refractivity contribution in [3.8, 4) is 0 Å². The van der Waals surface area contributed by atoms with Crippen molar-refractivity contribution < 1.29 is 4.79 Å². The number of hydrogen-bond acceptors (Lipinski definition) is 3. The summed E-state index contributed by atoms with van der Waals surface area (Å²) in [5.74, 6) is 0.752. The Bertz CT molecular complexity index is 1110. The van der Waals surface area contributed by atoms with Gasteiger partial charge in [-0.25, -0.2) is 0 Å². The summed E-state index contributed by atoms with van der Waals surface area (Å²) in [6.45, 7) is 4.37. The van der Waals surface area contributed by atoms with E-state index in [4.69, 9.17) is 0 Å². The summed E-state index contributed by atoms with van der Waals surface area (Å²) in [6.07, 6.45) is 2.90. The quantitative estimate of drug-likeness (QED) is 0.472. The standard InChI is InChI=1S/C32H39N3O/c1-33(2)32(29-16-10-5-11-17-29)18-20-35(21-19-32)31(36)30-25-34(23-27-14-8-4-9-15-27)24-28(30)22-26-12-6-3-7-13-26/h3-17,28,30H,18-25H2,1-2H3. The maximum Gasteiger partial charge on any atom is 0.227 e. The van der Waals surface area contributed by atoms with Gasteiger partial charge in [-0.15, -0.1) is 0 Å². The van der Waals surface area contributed by atoms with E-state index in [2.05, 4.69) is 120 Å². The molecule has 2 aliphatic rings. The van der Waals surface area contributed by atoms with Gasteiger partial charge in [-0.3, -0.25) is 14.6 Å². The molecule has 2 saturated heterocycles. The van der Waals surface area contributed by atoms with Crippen LogP contribution in [0.5, 0.6) is 0 Å². The minimum Gasteiger partial charge on any atom is -0.342 e. The van der Waals surface area contributed by atoms with Crippen LogP contribution >= 0.6 is 0 Å². The minimum atomic E-state index is -0.00347. The first-order valence-corrected chi connectivity index (χ1v) is 13.4. The van der Waals surface area contributed by atoms with Crippen molar-refractivity contribution in [2.75, 3.05) is 40.3 Å². The number of hydrogen-bond donors (Lipinski definition) is 0. The molecule has 2 unspecified atom stereocenters. The van der Waals surface area contributed by atoms with E-state index < -0.39 is 0 Å². The molecule has 2 fully saturated rings. The Morgan fingerprint density at radius 2 is 1.36 bits per heavy atom. The number of carbonyl (C=O) groups excluding carboxylic acids is 1. The number of likely N-dealkylation sites (tertiary alicyclic amines) is 2. The number of rotatable bonds is 7. The highest BCUT2D eigenvalue weighted by Crippen LogP contribution is 2.38.